The van der Waals surface area contributed by atoms with Crippen LogP contribution in [0.3, 0.4) is 0 Å². The molecule has 0 radical (unpaired) electrons. The van der Waals surface area contributed by atoms with Crippen molar-refractivity contribution in [3.05, 3.63) is 29.8 Å². The molecule has 0 aliphatic rings. The van der Waals surface area contributed by atoms with Gasteiger partial charge in [0.05, 0.1) is 6.61 Å². The number of benzene rings is 1. The summed E-state index contributed by atoms with van der Waals surface area (Å²) in [6.45, 7) is 0.147. The predicted octanol–water partition coefficient (Wildman–Crippen LogP) is 0.857. The Hall–Kier alpha value is -1.06. The van der Waals surface area contributed by atoms with E-state index in [0.29, 0.717) is 0 Å². The van der Waals surface area contributed by atoms with Crippen molar-refractivity contribution in [1.29, 1.82) is 0 Å². The number of aromatic hydroxyl groups is 1. The molecule has 0 bridgehead atoms. The number of phenols is 1. The summed E-state index contributed by atoms with van der Waals surface area (Å²) in [6.07, 6.45) is 0.795. The van der Waals surface area contributed by atoms with Crippen LogP contribution in [0.4, 0.5) is 0 Å². The fourth-order valence-corrected chi connectivity index (χ4v) is 1.31. The van der Waals surface area contributed by atoms with Crippen molar-refractivity contribution < 1.29 is 10.2 Å². The van der Waals surface area contributed by atoms with Gasteiger partial charge in [-0.2, -0.15) is 0 Å². The maximum atomic E-state index is 9.12. The van der Waals surface area contributed by atoms with Crippen LogP contribution >= 0.6 is 0 Å². The lowest BCUT2D eigenvalue weighted by Crippen LogP contribution is -2.33. The van der Waals surface area contributed by atoms with Gasteiger partial charge in [0.1, 0.15) is 5.75 Å². The highest BCUT2D eigenvalue weighted by atomic mass is 16.3. The Balaban J connectivity index is 2.63. The average molecular weight is 195 g/mol. The van der Waals surface area contributed by atoms with Crippen molar-refractivity contribution in [3.63, 3.8) is 0 Å². The van der Waals surface area contributed by atoms with E-state index in [2.05, 4.69) is 0 Å². The molecular weight excluding hydrogens is 178 g/mol. The van der Waals surface area contributed by atoms with Crippen molar-refractivity contribution in [2.75, 3.05) is 20.7 Å². The molecule has 1 aromatic rings. The molecule has 1 unspecified atom stereocenters. The molecule has 0 heterocycles. The Bertz CT molecular complexity index is 269. The number of rotatable bonds is 4. The summed E-state index contributed by atoms with van der Waals surface area (Å²) in [7, 11) is 3.89. The maximum absolute atomic E-state index is 9.12. The van der Waals surface area contributed by atoms with Gasteiger partial charge in [0.25, 0.3) is 0 Å². The lowest BCUT2D eigenvalue weighted by Gasteiger charge is -2.21. The van der Waals surface area contributed by atoms with Gasteiger partial charge in [-0.25, -0.2) is 0 Å². The standard InChI is InChI=1S/C11H17NO2/c1-12(2)10(8-13)7-9-3-5-11(14)6-4-9/h3-6,10,13-14H,7-8H2,1-2H3. The van der Waals surface area contributed by atoms with Gasteiger partial charge < -0.3 is 15.1 Å². The zero-order valence-electron chi connectivity index (χ0n) is 8.64. The predicted molar refractivity (Wildman–Crippen MR) is 56.4 cm³/mol. The molecule has 0 aliphatic heterocycles. The molecule has 0 spiro atoms. The first-order valence-electron chi connectivity index (χ1n) is 4.68. The van der Waals surface area contributed by atoms with E-state index in [-0.39, 0.29) is 18.4 Å². The third-order valence-corrected chi connectivity index (χ3v) is 2.35. The Morgan fingerprint density at radius 1 is 1.21 bits per heavy atom. The highest BCUT2D eigenvalue weighted by molar-refractivity contribution is 5.26. The van der Waals surface area contributed by atoms with Gasteiger partial charge in [-0.1, -0.05) is 12.1 Å². The lowest BCUT2D eigenvalue weighted by atomic mass is 10.1. The fourth-order valence-electron chi connectivity index (χ4n) is 1.31. The van der Waals surface area contributed by atoms with Crippen molar-refractivity contribution in [3.8, 4) is 5.75 Å². The van der Waals surface area contributed by atoms with Crippen molar-refractivity contribution in [2.24, 2.45) is 0 Å². The van der Waals surface area contributed by atoms with Crippen LogP contribution < -0.4 is 0 Å². The Morgan fingerprint density at radius 2 is 1.79 bits per heavy atom. The minimum Gasteiger partial charge on any atom is -0.508 e. The van der Waals surface area contributed by atoms with E-state index in [1.54, 1.807) is 12.1 Å². The van der Waals surface area contributed by atoms with Crippen molar-refractivity contribution in [2.45, 2.75) is 12.5 Å². The van der Waals surface area contributed by atoms with E-state index in [0.717, 1.165) is 12.0 Å². The first-order valence-corrected chi connectivity index (χ1v) is 4.68. The van der Waals surface area contributed by atoms with Crippen LogP contribution in [0, 0.1) is 0 Å². The third-order valence-electron chi connectivity index (χ3n) is 2.35. The summed E-state index contributed by atoms with van der Waals surface area (Å²) in [5.41, 5.74) is 1.12. The summed E-state index contributed by atoms with van der Waals surface area (Å²) in [5, 5.41) is 18.2. The molecule has 3 nitrogen and oxygen atoms in total. The molecule has 1 rings (SSSR count). The van der Waals surface area contributed by atoms with Crippen LogP contribution in [0.1, 0.15) is 5.56 Å². The van der Waals surface area contributed by atoms with Crippen LogP contribution in [-0.4, -0.2) is 41.9 Å². The quantitative estimate of drug-likeness (QED) is 0.749. The van der Waals surface area contributed by atoms with E-state index < -0.39 is 0 Å². The molecule has 2 N–H and O–H groups in total. The molecular formula is C11H17NO2. The second kappa shape index (κ2) is 4.98. The van der Waals surface area contributed by atoms with E-state index in [1.807, 2.05) is 31.1 Å². The molecule has 3 heteroatoms. The molecule has 1 aromatic carbocycles. The largest absolute Gasteiger partial charge is 0.508 e. The molecule has 0 saturated carbocycles. The highest BCUT2D eigenvalue weighted by Gasteiger charge is 2.10. The first kappa shape index (κ1) is 11.0. The van der Waals surface area contributed by atoms with Gasteiger partial charge in [-0.15, -0.1) is 0 Å². The second-order valence-electron chi connectivity index (χ2n) is 3.67. The minimum absolute atomic E-state index is 0.138. The molecule has 0 fully saturated rings. The maximum Gasteiger partial charge on any atom is 0.115 e. The van der Waals surface area contributed by atoms with Crippen LogP contribution in [0.5, 0.6) is 5.75 Å². The third kappa shape index (κ3) is 3.01. The average Bonchev–Trinajstić information content (AvgIpc) is 2.16. The van der Waals surface area contributed by atoms with Crippen LogP contribution in [-0.2, 0) is 6.42 Å². The number of phenolic OH excluding ortho intramolecular Hbond substituents is 1. The Labute approximate surface area is 84.6 Å². The van der Waals surface area contributed by atoms with E-state index >= 15 is 0 Å². The normalized spacial score (nSPS) is 13.1. The monoisotopic (exact) mass is 195 g/mol. The van der Waals surface area contributed by atoms with Gasteiger partial charge in [-0.3, -0.25) is 0 Å². The summed E-state index contributed by atoms with van der Waals surface area (Å²) >= 11 is 0. The summed E-state index contributed by atoms with van der Waals surface area (Å²) < 4.78 is 0. The summed E-state index contributed by atoms with van der Waals surface area (Å²) in [4.78, 5) is 1.99. The van der Waals surface area contributed by atoms with Gasteiger partial charge in [0.2, 0.25) is 0 Å². The topological polar surface area (TPSA) is 43.7 Å². The Kier molecular flexibility index (Phi) is 3.92. The molecule has 1 atom stereocenters. The second-order valence-corrected chi connectivity index (χ2v) is 3.67. The fraction of sp³-hybridized carbons (Fsp3) is 0.455. The number of hydrogen-bond donors (Lipinski definition) is 2. The van der Waals surface area contributed by atoms with Gasteiger partial charge in [0, 0.05) is 6.04 Å². The van der Waals surface area contributed by atoms with Gasteiger partial charge >= 0.3 is 0 Å². The first-order chi connectivity index (χ1) is 6.63. The SMILES string of the molecule is CN(C)C(CO)Cc1ccc(O)cc1. The van der Waals surface area contributed by atoms with Gasteiger partial charge in [-0.05, 0) is 38.2 Å². The summed E-state index contributed by atoms with van der Waals surface area (Å²) in [5.74, 6) is 0.277. The number of hydrogen-bond acceptors (Lipinski definition) is 3. The lowest BCUT2D eigenvalue weighted by molar-refractivity contribution is 0.169. The number of likely N-dealkylation sites (N-methyl/N-ethyl adjacent to an activating group) is 1. The molecule has 0 amide bonds. The molecule has 78 valence electrons. The molecule has 0 aromatic heterocycles. The van der Waals surface area contributed by atoms with Crippen molar-refractivity contribution >= 4 is 0 Å². The number of aliphatic hydroxyl groups excluding tert-OH is 1. The number of nitrogens with zero attached hydrogens (tertiary/aromatic N) is 1. The highest BCUT2D eigenvalue weighted by Crippen LogP contribution is 2.12. The van der Waals surface area contributed by atoms with E-state index in [1.165, 1.54) is 0 Å². The van der Waals surface area contributed by atoms with E-state index in [9.17, 15) is 0 Å². The number of aliphatic hydroxyl groups is 1. The van der Waals surface area contributed by atoms with Crippen molar-refractivity contribution in [1.82, 2.24) is 4.90 Å². The van der Waals surface area contributed by atoms with Crippen LogP contribution in [0.15, 0.2) is 24.3 Å². The molecule has 0 aliphatic carbocycles. The zero-order chi connectivity index (χ0) is 10.6. The van der Waals surface area contributed by atoms with Gasteiger partial charge in [0.15, 0.2) is 0 Å². The molecule has 14 heavy (non-hydrogen) atoms. The van der Waals surface area contributed by atoms with Crippen LogP contribution in [0.25, 0.3) is 0 Å². The Morgan fingerprint density at radius 3 is 2.21 bits per heavy atom. The molecule has 0 saturated heterocycles. The van der Waals surface area contributed by atoms with Crippen LogP contribution in [0.2, 0.25) is 0 Å². The smallest absolute Gasteiger partial charge is 0.115 e. The zero-order valence-corrected chi connectivity index (χ0v) is 8.64. The minimum atomic E-state index is 0.138. The summed E-state index contributed by atoms with van der Waals surface area (Å²) in [6, 6.07) is 7.22. The van der Waals surface area contributed by atoms with E-state index in [4.69, 9.17) is 10.2 Å².